The van der Waals surface area contributed by atoms with E-state index in [2.05, 4.69) is 9.72 Å². The van der Waals surface area contributed by atoms with Gasteiger partial charge in [-0.2, -0.15) is 8.78 Å². The molecule has 0 atom stereocenters. The molecule has 26 heavy (non-hydrogen) atoms. The van der Waals surface area contributed by atoms with Crippen LogP contribution < -0.4 is 9.84 Å². The van der Waals surface area contributed by atoms with Crippen LogP contribution in [0.25, 0.3) is 21.2 Å². The third kappa shape index (κ3) is 4.59. The van der Waals surface area contributed by atoms with Crippen molar-refractivity contribution in [3.05, 3.63) is 59.1 Å². The fraction of sp³-hybridized carbons (Fsp3) is 0.111. The lowest BCUT2D eigenvalue weighted by Gasteiger charge is -2.10. The van der Waals surface area contributed by atoms with E-state index in [1.54, 1.807) is 24.3 Å². The fourth-order valence-electron chi connectivity index (χ4n) is 2.22. The van der Waals surface area contributed by atoms with Crippen LogP contribution in [-0.4, -0.2) is 23.3 Å². The maximum absolute atomic E-state index is 12.6. The molecule has 3 rings (SSSR count). The molecule has 8 heteroatoms. The van der Waals surface area contributed by atoms with Crippen molar-refractivity contribution >= 4 is 50.3 Å². The molecule has 0 amide bonds. The van der Waals surface area contributed by atoms with Gasteiger partial charge in [0, 0.05) is 16.2 Å². The Morgan fingerprint density at radius 3 is 2.69 bits per heavy atom. The van der Waals surface area contributed by atoms with Crippen LogP contribution in [0.5, 0.6) is 5.75 Å². The van der Waals surface area contributed by atoms with E-state index in [9.17, 15) is 18.7 Å². The molecule has 0 aliphatic heterocycles. The van der Waals surface area contributed by atoms with E-state index in [1.807, 2.05) is 24.3 Å². The van der Waals surface area contributed by atoms with Crippen LogP contribution in [0.4, 0.5) is 8.78 Å². The van der Waals surface area contributed by atoms with Crippen LogP contribution in [0, 0.1) is 0 Å². The molecule has 1 heterocycles. The standard InChI is InChI=1S/C18H13F2NO3S2/c19-18(20)24-13-7-3-1-5-11(13)9-15(25-10-16(22)23)17-21-12-6-2-4-8-14(12)26-17/h1-9,18H,10H2,(H,22,23)/p-1/b15-9-. The van der Waals surface area contributed by atoms with E-state index in [-0.39, 0.29) is 11.5 Å². The number of aliphatic carboxylic acids is 1. The second-order valence-electron chi connectivity index (χ2n) is 5.07. The van der Waals surface area contributed by atoms with Crippen molar-refractivity contribution in [1.82, 2.24) is 4.98 Å². The summed E-state index contributed by atoms with van der Waals surface area (Å²) in [5.41, 5.74) is 1.19. The Kier molecular flexibility index (Phi) is 5.85. The average molecular weight is 392 g/mol. The number of benzene rings is 2. The number of halogens is 2. The van der Waals surface area contributed by atoms with Crippen molar-refractivity contribution in [3.63, 3.8) is 0 Å². The van der Waals surface area contributed by atoms with E-state index in [0.29, 0.717) is 15.5 Å². The highest BCUT2D eigenvalue weighted by Crippen LogP contribution is 2.36. The molecular formula is C18H12F2NO3S2-. The Morgan fingerprint density at radius 2 is 1.96 bits per heavy atom. The minimum absolute atomic E-state index is 0.00941. The topological polar surface area (TPSA) is 62.2 Å². The molecule has 0 saturated carbocycles. The molecule has 0 bridgehead atoms. The lowest BCUT2D eigenvalue weighted by molar-refractivity contribution is -0.301. The SMILES string of the molecule is O=C([O-])CS/C(=C\c1ccccc1OC(F)F)c1nc2ccccc2s1. The Hall–Kier alpha value is -2.45. The number of hydrogen-bond donors (Lipinski definition) is 0. The van der Waals surface area contributed by atoms with E-state index >= 15 is 0 Å². The molecular weight excluding hydrogens is 380 g/mol. The number of thioether (sulfide) groups is 1. The van der Waals surface area contributed by atoms with Gasteiger partial charge in [0.15, 0.2) is 0 Å². The summed E-state index contributed by atoms with van der Waals surface area (Å²) in [7, 11) is 0. The van der Waals surface area contributed by atoms with Crippen molar-refractivity contribution in [2.75, 3.05) is 5.75 Å². The predicted octanol–water partition coefficient (Wildman–Crippen LogP) is 3.88. The number of hydrogen-bond acceptors (Lipinski definition) is 6. The maximum atomic E-state index is 12.6. The minimum Gasteiger partial charge on any atom is -0.549 e. The lowest BCUT2D eigenvalue weighted by atomic mass is 10.2. The number of ether oxygens (including phenoxy) is 1. The molecule has 0 fully saturated rings. The van der Waals surface area contributed by atoms with E-state index in [0.717, 1.165) is 22.0 Å². The van der Waals surface area contributed by atoms with Crippen LogP contribution in [-0.2, 0) is 4.79 Å². The highest BCUT2D eigenvalue weighted by Gasteiger charge is 2.13. The number of nitrogens with zero attached hydrogens (tertiary/aromatic N) is 1. The fourth-order valence-corrected chi connectivity index (χ4v) is 4.05. The summed E-state index contributed by atoms with van der Waals surface area (Å²) in [6.45, 7) is -2.95. The summed E-state index contributed by atoms with van der Waals surface area (Å²) in [5.74, 6) is -1.49. The van der Waals surface area contributed by atoms with Crippen molar-refractivity contribution in [1.29, 1.82) is 0 Å². The maximum Gasteiger partial charge on any atom is 0.387 e. The summed E-state index contributed by atoms with van der Waals surface area (Å²) in [5, 5.41) is 11.5. The van der Waals surface area contributed by atoms with Crippen molar-refractivity contribution in [3.8, 4) is 5.75 Å². The molecule has 0 unspecified atom stereocenters. The molecule has 0 saturated heterocycles. The smallest absolute Gasteiger partial charge is 0.387 e. The number of rotatable bonds is 7. The number of para-hydroxylation sites is 2. The van der Waals surface area contributed by atoms with Crippen molar-refractivity contribution in [2.45, 2.75) is 6.61 Å². The van der Waals surface area contributed by atoms with Crippen molar-refractivity contribution < 1.29 is 23.4 Å². The molecule has 0 radical (unpaired) electrons. The van der Waals surface area contributed by atoms with Gasteiger partial charge >= 0.3 is 6.61 Å². The number of alkyl halides is 2. The number of carboxylic acids is 1. The summed E-state index contributed by atoms with van der Waals surface area (Å²) in [6.07, 6.45) is 1.60. The first-order chi connectivity index (χ1) is 12.5. The van der Waals surface area contributed by atoms with Crippen LogP contribution in [0.1, 0.15) is 10.6 Å². The van der Waals surface area contributed by atoms with Crippen LogP contribution in [0.15, 0.2) is 48.5 Å². The first-order valence-electron chi connectivity index (χ1n) is 7.47. The number of thiazole rings is 1. The van der Waals surface area contributed by atoms with Crippen LogP contribution in [0.2, 0.25) is 0 Å². The first kappa shape index (κ1) is 18.3. The van der Waals surface area contributed by atoms with Gasteiger partial charge in [0.2, 0.25) is 0 Å². The van der Waals surface area contributed by atoms with Gasteiger partial charge in [-0.25, -0.2) is 4.98 Å². The third-order valence-electron chi connectivity index (χ3n) is 3.27. The largest absolute Gasteiger partial charge is 0.549 e. The predicted molar refractivity (Wildman–Crippen MR) is 98.0 cm³/mol. The third-order valence-corrected chi connectivity index (χ3v) is 5.47. The van der Waals surface area contributed by atoms with E-state index in [1.165, 1.54) is 17.4 Å². The second kappa shape index (κ2) is 8.29. The molecule has 1 aromatic heterocycles. The van der Waals surface area contributed by atoms with Crippen LogP contribution >= 0.6 is 23.1 Å². The summed E-state index contributed by atoms with van der Waals surface area (Å²) >= 11 is 2.42. The monoisotopic (exact) mass is 392 g/mol. The molecule has 0 aliphatic rings. The quantitative estimate of drug-likeness (QED) is 0.611. The first-order valence-corrected chi connectivity index (χ1v) is 9.27. The molecule has 2 aromatic carbocycles. The highest BCUT2D eigenvalue weighted by atomic mass is 32.2. The zero-order valence-electron chi connectivity index (χ0n) is 13.2. The molecule has 0 N–H and O–H groups in total. The lowest BCUT2D eigenvalue weighted by Crippen LogP contribution is -2.24. The van der Waals surface area contributed by atoms with Gasteiger partial charge in [0.05, 0.1) is 16.2 Å². The molecule has 134 valence electrons. The number of carboxylic acid groups (broad SMARTS) is 1. The second-order valence-corrected chi connectivity index (χ2v) is 7.12. The normalized spacial score (nSPS) is 11.9. The number of fused-ring (bicyclic) bond motifs is 1. The zero-order valence-corrected chi connectivity index (χ0v) is 14.9. The Balaban J connectivity index is 2.03. The Labute approximate surface area is 156 Å². The minimum atomic E-state index is -2.95. The zero-order chi connectivity index (χ0) is 18.5. The highest BCUT2D eigenvalue weighted by molar-refractivity contribution is 8.09. The number of aromatic nitrogens is 1. The van der Waals surface area contributed by atoms with E-state index < -0.39 is 12.6 Å². The van der Waals surface area contributed by atoms with Gasteiger partial charge in [-0.05, 0) is 24.3 Å². The van der Waals surface area contributed by atoms with Gasteiger partial charge in [-0.15, -0.1) is 23.1 Å². The number of carbonyl (C=O) groups is 1. The van der Waals surface area contributed by atoms with Gasteiger partial charge in [-0.1, -0.05) is 30.3 Å². The molecule has 3 aromatic rings. The summed E-state index contributed by atoms with van der Waals surface area (Å²) in [4.78, 5) is 15.9. The summed E-state index contributed by atoms with van der Waals surface area (Å²) in [6, 6.07) is 13.8. The number of carbonyl (C=O) groups excluding carboxylic acids is 1. The molecule has 4 nitrogen and oxygen atoms in total. The summed E-state index contributed by atoms with van der Waals surface area (Å²) < 4.78 is 30.7. The van der Waals surface area contributed by atoms with Gasteiger partial charge < -0.3 is 14.6 Å². The Morgan fingerprint density at radius 1 is 1.23 bits per heavy atom. The van der Waals surface area contributed by atoms with E-state index in [4.69, 9.17) is 0 Å². The molecule has 0 spiro atoms. The van der Waals surface area contributed by atoms with Crippen LogP contribution in [0.3, 0.4) is 0 Å². The van der Waals surface area contributed by atoms with Gasteiger partial charge in [0.1, 0.15) is 10.8 Å². The van der Waals surface area contributed by atoms with Crippen molar-refractivity contribution in [2.24, 2.45) is 0 Å². The van der Waals surface area contributed by atoms with Gasteiger partial charge in [0.25, 0.3) is 0 Å². The van der Waals surface area contributed by atoms with Gasteiger partial charge in [-0.3, -0.25) is 0 Å². The molecule has 0 aliphatic carbocycles. The Bertz CT molecular complexity index is 923. The average Bonchev–Trinajstić information content (AvgIpc) is 3.03.